The van der Waals surface area contributed by atoms with Gasteiger partial charge in [0.1, 0.15) is 11.6 Å². The molecule has 2 aromatic rings. The molecule has 0 saturated carbocycles. The fourth-order valence-electron chi connectivity index (χ4n) is 1.79. The van der Waals surface area contributed by atoms with Gasteiger partial charge in [-0.1, -0.05) is 30.3 Å². The maximum atomic E-state index is 12.2. The lowest BCUT2D eigenvalue weighted by molar-refractivity contribution is -0.117. The Labute approximate surface area is 136 Å². The predicted molar refractivity (Wildman–Crippen MR) is 88.6 cm³/mol. The molecule has 0 aliphatic carbocycles. The maximum absolute atomic E-state index is 12.2. The first kappa shape index (κ1) is 15.5. The summed E-state index contributed by atoms with van der Waals surface area (Å²) >= 11 is 4.82. The Balaban J connectivity index is 2.11. The third-order valence-corrected chi connectivity index (χ3v) is 4.53. The summed E-state index contributed by atoms with van der Waals surface area (Å²) in [5.74, 6) is -0.363. The highest BCUT2D eigenvalue weighted by Gasteiger charge is 2.13. The summed E-state index contributed by atoms with van der Waals surface area (Å²) in [7, 11) is 0. The zero-order valence-electron chi connectivity index (χ0n) is 11.3. The van der Waals surface area contributed by atoms with Crippen LogP contribution >= 0.6 is 27.3 Å². The molecule has 1 heterocycles. The van der Waals surface area contributed by atoms with Crippen molar-refractivity contribution in [1.29, 1.82) is 5.26 Å². The van der Waals surface area contributed by atoms with E-state index in [-0.39, 0.29) is 17.5 Å². The van der Waals surface area contributed by atoms with Crippen LogP contribution in [0.15, 0.2) is 51.8 Å². The van der Waals surface area contributed by atoms with Crippen molar-refractivity contribution in [3.8, 4) is 6.07 Å². The molecule has 0 fully saturated rings. The van der Waals surface area contributed by atoms with Crippen molar-refractivity contribution in [2.24, 2.45) is 0 Å². The van der Waals surface area contributed by atoms with Gasteiger partial charge in [0.25, 0.3) is 5.91 Å². The zero-order chi connectivity index (χ0) is 15.2. The monoisotopic (exact) mass is 360 g/mol. The van der Waals surface area contributed by atoms with Crippen molar-refractivity contribution < 1.29 is 4.79 Å². The first-order valence-electron chi connectivity index (χ1n) is 6.32. The number of thiophene rings is 1. The first-order chi connectivity index (χ1) is 10.1. The van der Waals surface area contributed by atoms with Gasteiger partial charge < -0.3 is 5.32 Å². The summed E-state index contributed by atoms with van der Waals surface area (Å²) < 4.78 is 0.939. The lowest BCUT2D eigenvalue weighted by Crippen LogP contribution is -2.27. The van der Waals surface area contributed by atoms with Crippen LogP contribution in [0.1, 0.15) is 23.4 Å². The Bertz CT molecular complexity index is 701. The molecule has 0 spiro atoms. The summed E-state index contributed by atoms with van der Waals surface area (Å²) in [4.78, 5) is 13.0. The van der Waals surface area contributed by atoms with Crippen molar-refractivity contribution in [1.82, 2.24) is 5.32 Å². The average molecular weight is 361 g/mol. The number of hydrogen-bond acceptors (Lipinski definition) is 3. The number of carbonyl (C=O) groups excluding carboxylic acids is 1. The Morgan fingerprint density at radius 3 is 2.71 bits per heavy atom. The van der Waals surface area contributed by atoms with E-state index in [1.165, 1.54) is 11.3 Å². The second-order valence-electron chi connectivity index (χ2n) is 4.44. The van der Waals surface area contributed by atoms with Crippen LogP contribution in [0.4, 0.5) is 0 Å². The minimum atomic E-state index is -0.363. The molecule has 0 saturated heterocycles. The molecule has 0 aliphatic rings. The Morgan fingerprint density at radius 1 is 1.43 bits per heavy atom. The van der Waals surface area contributed by atoms with E-state index in [2.05, 4.69) is 21.2 Å². The summed E-state index contributed by atoms with van der Waals surface area (Å²) in [5, 5.41) is 13.9. The number of halogens is 1. The van der Waals surface area contributed by atoms with E-state index in [0.29, 0.717) is 0 Å². The molecule has 1 aromatic carbocycles. The van der Waals surface area contributed by atoms with Gasteiger partial charge in [-0.2, -0.15) is 5.26 Å². The fourth-order valence-corrected chi connectivity index (χ4v) is 3.17. The highest BCUT2D eigenvalue weighted by Crippen LogP contribution is 2.22. The third-order valence-electron chi connectivity index (χ3n) is 2.89. The van der Waals surface area contributed by atoms with Crippen molar-refractivity contribution in [2.75, 3.05) is 0 Å². The zero-order valence-corrected chi connectivity index (χ0v) is 13.7. The molecule has 0 bridgehead atoms. The molecule has 2 rings (SSSR count). The number of hydrogen-bond donors (Lipinski definition) is 1. The molecule has 1 atom stereocenters. The largest absolute Gasteiger partial charge is 0.345 e. The number of rotatable bonds is 4. The Kier molecular flexibility index (Phi) is 5.32. The number of nitriles is 1. The van der Waals surface area contributed by atoms with E-state index in [1.807, 2.05) is 54.8 Å². The summed E-state index contributed by atoms with van der Waals surface area (Å²) in [6, 6.07) is 13.3. The summed E-state index contributed by atoms with van der Waals surface area (Å²) in [5.41, 5.74) is 1.11. The number of nitrogens with zero attached hydrogens (tertiary/aromatic N) is 1. The average Bonchev–Trinajstić information content (AvgIpc) is 2.90. The molecular formula is C16H13BrN2OS. The molecule has 5 heteroatoms. The van der Waals surface area contributed by atoms with Crippen LogP contribution in [0.5, 0.6) is 0 Å². The molecule has 3 nitrogen and oxygen atoms in total. The minimum absolute atomic E-state index is 0.104. The van der Waals surface area contributed by atoms with E-state index in [0.717, 1.165) is 14.9 Å². The molecule has 1 aromatic heterocycles. The minimum Gasteiger partial charge on any atom is -0.345 e. The predicted octanol–water partition coefficient (Wildman–Crippen LogP) is 4.29. The molecule has 0 unspecified atom stereocenters. The number of benzene rings is 1. The quantitative estimate of drug-likeness (QED) is 0.652. The third kappa shape index (κ3) is 4.28. The van der Waals surface area contributed by atoms with E-state index in [9.17, 15) is 4.79 Å². The van der Waals surface area contributed by atoms with Crippen LogP contribution in [0.25, 0.3) is 6.08 Å². The number of amides is 1. The van der Waals surface area contributed by atoms with Gasteiger partial charge in [-0.15, -0.1) is 11.3 Å². The molecule has 0 aliphatic heterocycles. The molecule has 1 N–H and O–H groups in total. The van der Waals surface area contributed by atoms with Gasteiger partial charge in [-0.3, -0.25) is 4.79 Å². The van der Waals surface area contributed by atoms with Crippen LogP contribution in [0.3, 0.4) is 0 Å². The van der Waals surface area contributed by atoms with Crippen LogP contribution in [-0.2, 0) is 4.79 Å². The number of carbonyl (C=O) groups is 1. The van der Waals surface area contributed by atoms with Gasteiger partial charge in [0.2, 0.25) is 0 Å². The smallest absolute Gasteiger partial charge is 0.262 e. The molecule has 1 amide bonds. The Morgan fingerprint density at radius 2 is 2.14 bits per heavy atom. The van der Waals surface area contributed by atoms with Crippen LogP contribution in [0, 0.1) is 11.3 Å². The topological polar surface area (TPSA) is 52.9 Å². The van der Waals surface area contributed by atoms with E-state index in [4.69, 9.17) is 5.26 Å². The van der Waals surface area contributed by atoms with Crippen LogP contribution in [-0.4, -0.2) is 5.91 Å². The standard InChI is InChI=1S/C16H13BrN2OS/c1-11(12-5-3-2-4-6-12)19-16(20)13(9-18)7-15-8-14(17)10-21-15/h2-8,10-11H,1H3,(H,19,20)/b13-7+/t11-/m1/s1. The van der Waals surface area contributed by atoms with Gasteiger partial charge >= 0.3 is 0 Å². The van der Waals surface area contributed by atoms with Crippen molar-refractivity contribution in [3.05, 3.63) is 62.3 Å². The van der Waals surface area contributed by atoms with Gasteiger partial charge in [0.15, 0.2) is 0 Å². The van der Waals surface area contributed by atoms with Crippen molar-refractivity contribution >= 4 is 39.2 Å². The van der Waals surface area contributed by atoms with Gasteiger partial charge in [-0.25, -0.2) is 0 Å². The summed E-state index contributed by atoms with van der Waals surface area (Å²) in [6.45, 7) is 1.89. The van der Waals surface area contributed by atoms with Gasteiger partial charge in [0.05, 0.1) is 6.04 Å². The lowest BCUT2D eigenvalue weighted by atomic mass is 10.1. The first-order valence-corrected chi connectivity index (χ1v) is 7.99. The van der Waals surface area contributed by atoms with Crippen molar-refractivity contribution in [3.63, 3.8) is 0 Å². The van der Waals surface area contributed by atoms with E-state index >= 15 is 0 Å². The maximum Gasteiger partial charge on any atom is 0.262 e. The fraction of sp³-hybridized carbons (Fsp3) is 0.125. The highest BCUT2D eigenvalue weighted by atomic mass is 79.9. The van der Waals surface area contributed by atoms with Crippen LogP contribution < -0.4 is 5.32 Å². The van der Waals surface area contributed by atoms with Gasteiger partial charge in [-0.05, 0) is 40.6 Å². The van der Waals surface area contributed by atoms with Gasteiger partial charge in [0, 0.05) is 14.7 Å². The van der Waals surface area contributed by atoms with E-state index < -0.39 is 0 Å². The second kappa shape index (κ2) is 7.21. The molecule has 0 radical (unpaired) electrons. The number of nitrogens with one attached hydrogen (secondary N) is 1. The van der Waals surface area contributed by atoms with Crippen molar-refractivity contribution in [2.45, 2.75) is 13.0 Å². The molecular weight excluding hydrogens is 348 g/mol. The van der Waals surface area contributed by atoms with E-state index in [1.54, 1.807) is 6.08 Å². The SMILES string of the molecule is C[C@@H](NC(=O)/C(C#N)=C/c1cc(Br)cs1)c1ccccc1. The molecule has 21 heavy (non-hydrogen) atoms. The molecule has 106 valence electrons. The lowest BCUT2D eigenvalue weighted by Gasteiger charge is -2.13. The van der Waals surface area contributed by atoms with Crippen LogP contribution in [0.2, 0.25) is 0 Å². The summed E-state index contributed by atoms with van der Waals surface area (Å²) in [6.07, 6.45) is 1.60. The Hall–Kier alpha value is -1.90. The second-order valence-corrected chi connectivity index (χ2v) is 6.30. The highest BCUT2D eigenvalue weighted by molar-refractivity contribution is 9.10. The normalized spacial score (nSPS) is 12.5.